The summed E-state index contributed by atoms with van der Waals surface area (Å²) in [5.74, 6) is 0.211. The summed E-state index contributed by atoms with van der Waals surface area (Å²) in [5, 5.41) is 8.13. The summed E-state index contributed by atoms with van der Waals surface area (Å²) in [6.07, 6.45) is 7.05. The first-order valence-electron chi connectivity index (χ1n) is 13.6. The Balaban J connectivity index is 1.20. The second-order valence-electron chi connectivity index (χ2n) is 10.6. The van der Waals surface area contributed by atoms with Crippen molar-refractivity contribution in [3.05, 3.63) is 99.8 Å². The van der Waals surface area contributed by atoms with Crippen molar-refractivity contribution in [3.63, 3.8) is 0 Å². The van der Waals surface area contributed by atoms with Gasteiger partial charge in [-0.25, -0.2) is 4.79 Å². The van der Waals surface area contributed by atoms with Gasteiger partial charge in [0.2, 0.25) is 0 Å². The molecule has 204 valence electrons. The molecule has 1 aliphatic rings. The second-order valence-corrected chi connectivity index (χ2v) is 11.1. The molecule has 0 aliphatic heterocycles. The van der Waals surface area contributed by atoms with Crippen LogP contribution in [0.2, 0.25) is 5.02 Å². The van der Waals surface area contributed by atoms with Crippen LogP contribution in [-0.4, -0.2) is 35.8 Å². The molecule has 3 heterocycles. The predicted molar refractivity (Wildman–Crippen MR) is 157 cm³/mol. The average molecular weight is 555 g/mol. The highest BCUT2D eigenvalue weighted by Crippen LogP contribution is 2.28. The Labute approximate surface area is 237 Å². The Kier molecular flexibility index (Phi) is 7.02. The number of amides is 1. The average Bonchev–Trinajstić information content (AvgIpc) is 3.52. The molecule has 2 aromatic carbocycles. The summed E-state index contributed by atoms with van der Waals surface area (Å²) in [4.78, 5) is 30.9. The van der Waals surface area contributed by atoms with Crippen molar-refractivity contribution in [3.8, 4) is 16.9 Å². The van der Waals surface area contributed by atoms with Crippen LogP contribution in [0.4, 0.5) is 0 Å². The molecule has 0 bridgehead atoms. The molecular weight excluding hydrogens is 524 g/mol. The van der Waals surface area contributed by atoms with Gasteiger partial charge in [0.25, 0.3) is 5.91 Å². The summed E-state index contributed by atoms with van der Waals surface area (Å²) < 4.78 is 5.48. The summed E-state index contributed by atoms with van der Waals surface area (Å²) in [6, 6.07) is 19.7. The molecule has 6 rings (SSSR count). The zero-order valence-corrected chi connectivity index (χ0v) is 23.3. The van der Waals surface area contributed by atoms with E-state index in [2.05, 4.69) is 15.4 Å². The number of nitrogens with one attached hydrogen (secondary N) is 1. The van der Waals surface area contributed by atoms with E-state index in [1.54, 1.807) is 21.5 Å². The number of para-hydroxylation sites is 2. The summed E-state index contributed by atoms with van der Waals surface area (Å²) in [6.45, 7) is 2.45. The molecule has 1 saturated carbocycles. The quantitative estimate of drug-likeness (QED) is 0.299. The van der Waals surface area contributed by atoms with Crippen molar-refractivity contribution in [2.24, 2.45) is 13.0 Å². The van der Waals surface area contributed by atoms with Gasteiger partial charge in [0, 0.05) is 37.6 Å². The molecule has 1 aliphatic carbocycles. The fraction of sp³-hybridized carbons (Fsp3) is 0.290. The minimum atomic E-state index is -0.136. The Morgan fingerprint density at radius 2 is 1.80 bits per heavy atom. The molecule has 0 radical (unpaired) electrons. The lowest BCUT2D eigenvalue weighted by molar-refractivity contribution is 0.0919. The van der Waals surface area contributed by atoms with Crippen molar-refractivity contribution in [2.75, 3.05) is 0 Å². The molecule has 3 aromatic heterocycles. The van der Waals surface area contributed by atoms with Gasteiger partial charge in [-0.2, -0.15) is 5.10 Å². The SMILES string of the molecule is Cc1ncc(Cl)cc1C(=O)NC1CCC(Cn2c(=O)n(-c3cccc(-c4ccn(C)n4)c3)c3ccccc32)CC1. The molecule has 0 saturated heterocycles. The largest absolute Gasteiger partial charge is 0.349 e. The second kappa shape index (κ2) is 10.8. The standard InChI is InChI=1S/C31H31ClN6O2/c1-20-26(17-23(32)18-33-20)30(39)34-24-12-10-21(11-13-24)19-37-28-8-3-4-9-29(28)38(31(37)40)25-7-5-6-22(16-25)27-14-15-36(2)35-27/h3-9,14-18,21,24H,10-13,19H2,1-2H3,(H,34,39). The zero-order valence-electron chi connectivity index (χ0n) is 22.5. The Bertz CT molecular complexity index is 1760. The van der Waals surface area contributed by atoms with Gasteiger partial charge in [0.05, 0.1) is 38.7 Å². The van der Waals surface area contributed by atoms with Crippen molar-refractivity contribution >= 4 is 28.5 Å². The molecule has 0 atom stereocenters. The number of benzene rings is 2. The van der Waals surface area contributed by atoms with Gasteiger partial charge >= 0.3 is 5.69 Å². The van der Waals surface area contributed by atoms with Gasteiger partial charge in [-0.15, -0.1) is 0 Å². The predicted octanol–water partition coefficient (Wildman–Crippen LogP) is 5.54. The number of rotatable bonds is 6. The van der Waals surface area contributed by atoms with Crippen molar-refractivity contribution < 1.29 is 4.79 Å². The summed E-state index contributed by atoms with van der Waals surface area (Å²) >= 11 is 6.06. The number of pyridine rings is 1. The van der Waals surface area contributed by atoms with E-state index < -0.39 is 0 Å². The van der Waals surface area contributed by atoms with E-state index in [0.717, 1.165) is 53.7 Å². The highest BCUT2D eigenvalue weighted by atomic mass is 35.5. The molecule has 0 spiro atoms. The van der Waals surface area contributed by atoms with E-state index in [-0.39, 0.29) is 17.6 Å². The van der Waals surface area contributed by atoms with Gasteiger partial charge in [-0.1, -0.05) is 35.9 Å². The third-order valence-corrected chi connectivity index (χ3v) is 8.08. The van der Waals surface area contributed by atoms with E-state index in [9.17, 15) is 9.59 Å². The van der Waals surface area contributed by atoms with Crippen LogP contribution in [-0.2, 0) is 13.6 Å². The fourth-order valence-electron chi connectivity index (χ4n) is 5.76. The molecule has 5 aromatic rings. The lowest BCUT2D eigenvalue weighted by atomic mass is 9.85. The Hall–Kier alpha value is -4.17. The van der Waals surface area contributed by atoms with Crippen LogP contribution >= 0.6 is 11.6 Å². The number of carbonyl (C=O) groups excluding carboxylic acids is 1. The van der Waals surface area contributed by atoms with E-state index >= 15 is 0 Å². The van der Waals surface area contributed by atoms with Crippen molar-refractivity contribution in [1.29, 1.82) is 0 Å². The van der Waals surface area contributed by atoms with Crippen molar-refractivity contribution in [1.82, 2.24) is 29.2 Å². The number of imidazole rings is 1. The number of carbonyl (C=O) groups is 1. The summed E-state index contributed by atoms with van der Waals surface area (Å²) in [5.41, 5.74) is 5.60. The maximum Gasteiger partial charge on any atom is 0.333 e. The molecular formula is C31H31ClN6O2. The molecule has 40 heavy (non-hydrogen) atoms. The molecule has 1 amide bonds. The molecule has 1 fully saturated rings. The van der Waals surface area contributed by atoms with E-state index in [1.165, 1.54) is 0 Å². The third-order valence-electron chi connectivity index (χ3n) is 7.87. The topological polar surface area (TPSA) is 86.7 Å². The fourth-order valence-corrected chi connectivity index (χ4v) is 5.91. The van der Waals surface area contributed by atoms with Gasteiger partial charge in [0.1, 0.15) is 0 Å². The Morgan fingerprint density at radius 1 is 1.02 bits per heavy atom. The Morgan fingerprint density at radius 3 is 2.55 bits per heavy atom. The van der Waals surface area contributed by atoms with Crippen LogP contribution < -0.4 is 11.0 Å². The van der Waals surface area contributed by atoms with Gasteiger partial charge in [0.15, 0.2) is 0 Å². The monoisotopic (exact) mass is 554 g/mol. The number of hydrogen-bond donors (Lipinski definition) is 1. The number of aromatic nitrogens is 5. The molecule has 9 heteroatoms. The molecule has 8 nitrogen and oxygen atoms in total. The van der Waals surface area contributed by atoms with Crippen LogP contribution in [0.25, 0.3) is 28.0 Å². The van der Waals surface area contributed by atoms with E-state index in [4.69, 9.17) is 11.6 Å². The van der Waals surface area contributed by atoms with Gasteiger partial charge in [-0.3, -0.25) is 23.6 Å². The maximum absolute atomic E-state index is 13.9. The molecule has 1 N–H and O–H groups in total. The smallest absolute Gasteiger partial charge is 0.333 e. The number of nitrogens with zero attached hydrogens (tertiary/aromatic N) is 5. The van der Waals surface area contributed by atoms with Gasteiger partial charge < -0.3 is 5.32 Å². The van der Waals surface area contributed by atoms with E-state index in [0.29, 0.717) is 28.7 Å². The highest BCUT2D eigenvalue weighted by Gasteiger charge is 2.26. The first kappa shape index (κ1) is 26.1. The minimum absolute atomic E-state index is 0.0428. The number of aryl methyl sites for hydroxylation is 2. The summed E-state index contributed by atoms with van der Waals surface area (Å²) in [7, 11) is 1.89. The lowest BCUT2D eigenvalue weighted by Crippen LogP contribution is -2.39. The van der Waals surface area contributed by atoms with Crippen LogP contribution in [0.1, 0.15) is 41.7 Å². The number of fused-ring (bicyclic) bond motifs is 1. The maximum atomic E-state index is 13.9. The van der Waals surface area contributed by atoms with Crippen LogP contribution in [0.3, 0.4) is 0 Å². The normalized spacial score (nSPS) is 17.3. The highest BCUT2D eigenvalue weighted by molar-refractivity contribution is 6.30. The number of halogens is 1. The van der Waals surface area contributed by atoms with Crippen LogP contribution in [0, 0.1) is 12.8 Å². The van der Waals surface area contributed by atoms with E-state index in [1.807, 2.05) is 79.3 Å². The minimum Gasteiger partial charge on any atom is -0.349 e. The van der Waals surface area contributed by atoms with Crippen LogP contribution in [0.5, 0.6) is 0 Å². The zero-order chi connectivity index (χ0) is 27.8. The first-order chi connectivity index (χ1) is 19.4. The van der Waals surface area contributed by atoms with Crippen LogP contribution in [0.15, 0.2) is 77.9 Å². The number of hydrogen-bond acceptors (Lipinski definition) is 4. The van der Waals surface area contributed by atoms with Crippen molar-refractivity contribution in [2.45, 2.75) is 45.2 Å². The third kappa shape index (κ3) is 5.07. The lowest BCUT2D eigenvalue weighted by Gasteiger charge is -2.29. The first-order valence-corrected chi connectivity index (χ1v) is 14.0. The van der Waals surface area contributed by atoms with Gasteiger partial charge in [-0.05, 0) is 74.9 Å². The molecule has 0 unspecified atom stereocenters.